The van der Waals surface area contributed by atoms with Crippen molar-refractivity contribution in [2.75, 3.05) is 12.4 Å². The smallest absolute Gasteiger partial charge is 0.266 e. The molecule has 0 aliphatic carbocycles. The van der Waals surface area contributed by atoms with Crippen LogP contribution in [0.1, 0.15) is 12.8 Å². The average Bonchev–Trinajstić information content (AvgIpc) is 2.62. The molecule has 0 aliphatic rings. The molecular weight excluding hydrogens is 363 g/mol. The summed E-state index contributed by atoms with van der Waals surface area (Å²) >= 11 is 7.31. The molecule has 0 saturated heterocycles. The molecule has 3 aromatic rings. The number of thioether (sulfide) groups is 1. The quantitative estimate of drug-likeness (QED) is 0.399. The minimum absolute atomic E-state index is 0.0474. The lowest BCUT2D eigenvalue weighted by atomic mass is 10.2. The summed E-state index contributed by atoms with van der Waals surface area (Å²) in [6.45, 7) is 0.131. The molecule has 0 spiro atoms. The van der Waals surface area contributed by atoms with Crippen LogP contribution in [-0.2, 0) is 0 Å². The lowest BCUT2D eigenvalue weighted by molar-refractivity contribution is 0.287. The van der Waals surface area contributed by atoms with E-state index in [4.69, 9.17) is 16.7 Å². The fourth-order valence-corrected chi connectivity index (χ4v) is 3.62. The molecule has 0 saturated carbocycles. The van der Waals surface area contributed by atoms with Gasteiger partial charge in [0, 0.05) is 12.4 Å². The van der Waals surface area contributed by atoms with E-state index in [1.165, 1.54) is 34.5 Å². The maximum Gasteiger partial charge on any atom is 0.266 e. The van der Waals surface area contributed by atoms with Crippen molar-refractivity contribution in [2.24, 2.45) is 0 Å². The SMILES string of the molecule is O=c1c2ccccc2nc(SCCCCO)n1-c1ccc(F)c(Cl)c1. The molecule has 4 nitrogen and oxygen atoms in total. The monoisotopic (exact) mass is 378 g/mol. The standard InChI is InChI=1S/C18H16ClFN2O2S/c19-14-11-12(7-8-15(14)20)22-17(24)13-5-1-2-6-16(13)21-18(22)25-10-4-3-9-23/h1-2,5-8,11,23H,3-4,9-10H2. The van der Waals surface area contributed by atoms with Crippen molar-refractivity contribution in [3.63, 3.8) is 0 Å². The van der Waals surface area contributed by atoms with Crippen LogP contribution in [0.15, 0.2) is 52.4 Å². The highest BCUT2D eigenvalue weighted by atomic mass is 35.5. The molecular formula is C18H16ClFN2O2S. The topological polar surface area (TPSA) is 55.1 Å². The Morgan fingerprint density at radius 1 is 1.20 bits per heavy atom. The van der Waals surface area contributed by atoms with Gasteiger partial charge < -0.3 is 5.11 Å². The molecule has 2 aromatic carbocycles. The highest BCUT2D eigenvalue weighted by Crippen LogP contribution is 2.24. The van der Waals surface area contributed by atoms with Gasteiger partial charge in [-0.25, -0.2) is 9.37 Å². The van der Waals surface area contributed by atoms with Crippen molar-refractivity contribution < 1.29 is 9.50 Å². The van der Waals surface area contributed by atoms with Crippen molar-refractivity contribution >= 4 is 34.3 Å². The fraction of sp³-hybridized carbons (Fsp3) is 0.222. The summed E-state index contributed by atoms with van der Waals surface area (Å²) < 4.78 is 14.9. The number of aliphatic hydroxyl groups is 1. The second-order valence-corrected chi connectivity index (χ2v) is 6.90. The van der Waals surface area contributed by atoms with Crippen LogP contribution in [0.5, 0.6) is 0 Å². The van der Waals surface area contributed by atoms with Gasteiger partial charge in [0.1, 0.15) is 5.82 Å². The zero-order chi connectivity index (χ0) is 17.8. The van der Waals surface area contributed by atoms with Crippen LogP contribution in [-0.4, -0.2) is 27.0 Å². The van der Waals surface area contributed by atoms with Crippen LogP contribution >= 0.6 is 23.4 Å². The maximum atomic E-state index is 13.5. The predicted molar refractivity (Wildman–Crippen MR) is 99.4 cm³/mol. The Hall–Kier alpha value is -1.89. The summed E-state index contributed by atoms with van der Waals surface area (Å²) in [6, 6.07) is 11.3. The third-order valence-corrected chi connectivity index (χ3v) is 5.00. The Morgan fingerprint density at radius 3 is 2.76 bits per heavy atom. The molecule has 3 rings (SSSR count). The first-order valence-electron chi connectivity index (χ1n) is 7.82. The van der Waals surface area contributed by atoms with Crippen LogP contribution < -0.4 is 5.56 Å². The Kier molecular flexibility index (Phi) is 5.73. The molecule has 0 bridgehead atoms. The van der Waals surface area contributed by atoms with Crippen LogP contribution in [0.3, 0.4) is 0 Å². The van der Waals surface area contributed by atoms with Gasteiger partial charge in [-0.15, -0.1) is 0 Å². The zero-order valence-electron chi connectivity index (χ0n) is 13.3. The van der Waals surface area contributed by atoms with Gasteiger partial charge in [0.05, 0.1) is 21.6 Å². The summed E-state index contributed by atoms with van der Waals surface area (Å²) in [4.78, 5) is 17.6. The Labute approximate surface area is 153 Å². The van der Waals surface area contributed by atoms with E-state index in [1.54, 1.807) is 18.2 Å². The summed E-state index contributed by atoms with van der Waals surface area (Å²) in [7, 11) is 0. The first kappa shape index (κ1) is 17.9. The maximum absolute atomic E-state index is 13.5. The van der Waals surface area contributed by atoms with Gasteiger partial charge in [-0.2, -0.15) is 0 Å². The summed E-state index contributed by atoms with van der Waals surface area (Å²) in [5, 5.41) is 9.87. The van der Waals surface area contributed by atoms with E-state index in [9.17, 15) is 9.18 Å². The van der Waals surface area contributed by atoms with E-state index in [1.807, 2.05) is 6.07 Å². The molecule has 25 heavy (non-hydrogen) atoms. The third kappa shape index (κ3) is 3.86. The fourth-order valence-electron chi connectivity index (χ4n) is 2.44. The Balaban J connectivity index is 2.14. The number of hydrogen-bond donors (Lipinski definition) is 1. The number of halogens is 2. The average molecular weight is 379 g/mol. The first-order chi connectivity index (χ1) is 12.1. The van der Waals surface area contributed by atoms with Crippen LogP contribution in [0.4, 0.5) is 4.39 Å². The van der Waals surface area contributed by atoms with Crippen molar-refractivity contribution in [3.8, 4) is 5.69 Å². The van der Waals surface area contributed by atoms with Crippen molar-refractivity contribution in [1.29, 1.82) is 0 Å². The molecule has 130 valence electrons. The number of hydrogen-bond acceptors (Lipinski definition) is 4. The number of benzene rings is 2. The number of aromatic nitrogens is 2. The van der Waals surface area contributed by atoms with Gasteiger partial charge in [0.2, 0.25) is 0 Å². The third-order valence-electron chi connectivity index (χ3n) is 3.69. The van der Waals surface area contributed by atoms with E-state index >= 15 is 0 Å². The highest BCUT2D eigenvalue weighted by Gasteiger charge is 2.14. The molecule has 0 amide bonds. The van der Waals surface area contributed by atoms with Gasteiger partial charge in [-0.3, -0.25) is 9.36 Å². The zero-order valence-corrected chi connectivity index (χ0v) is 14.9. The molecule has 0 fully saturated rings. The first-order valence-corrected chi connectivity index (χ1v) is 9.19. The van der Waals surface area contributed by atoms with Crippen molar-refractivity contribution in [1.82, 2.24) is 9.55 Å². The minimum Gasteiger partial charge on any atom is -0.396 e. The Morgan fingerprint density at radius 2 is 2.00 bits per heavy atom. The summed E-state index contributed by atoms with van der Waals surface area (Å²) in [5.41, 5.74) is 0.860. The number of unbranched alkanes of at least 4 members (excludes halogenated alkanes) is 1. The second-order valence-electron chi connectivity index (χ2n) is 5.43. The van der Waals surface area contributed by atoms with Crippen LogP contribution in [0.2, 0.25) is 5.02 Å². The number of rotatable bonds is 6. The van der Waals surface area contributed by atoms with Gasteiger partial charge >= 0.3 is 0 Å². The molecule has 0 aliphatic heterocycles. The lowest BCUT2D eigenvalue weighted by Crippen LogP contribution is -2.22. The predicted octanol–water partition coefficient (Wildman–Crippen LogP) is 4.04. The van der Waals surface area contributed by atoms with Gasteiger partial charge in [-0.1, -0.05) is 35.5 Å². The number of fused-ring (bicyclic) bond motifs is 1. The normalized spacial score (nSPS) is 11.2. The number of para-hydroxylation sites is 1. The molecule has 0 radical (unpaired) electrons. The molecule has 0 atom stereocenters. The van der Waals surface area contributed by atoms with Crippen molar-refractivity contribution in [3.05, 3.63) is 63.7 Å². The van der Waals surface area contributed by atoms with E-state index in [0.29, 0.717) is 33.9 Å². The number of nitrogens with zero attached hydrogens (tertiary/aromatic N) is 2. The Bertz CT molecular complexity index is 961. The largest absolute Gasteiger partial charge is 0.396 e. The van der Waals surface area contributed by atoms with Gasteiger partial charge in [0.25, 0.3) is 5.56 Å². The van der Waals surface area contributed by atoms with Gasteiger partial charge in [0.15, 0.2) is 5.16 Å². The highest BCUT2D eigenvalue weighted by molar-refractivity contribution is 7.99. The molecule has 0 unspecified atom stereocenters. The van der Waals surface area contributed by atoms with Crippen molar-refractivity contribution in [2.45, 2.75) is 18.0 Å². The summed E-state index contributed by atoms with van der Waals surface area (Å²) in [6.07, 6.45) is 1.49. The van der Waals surface area contributed by atoms with E-state index < -0.39 is 5.82 Å². The van der Waals surface area contributed by atoms with E-state index in [-0.39, 0.29) is 17.2 Å². The molecule has 1 N–H and O–H groups in total. The molecule has 7 heteroatoms. The number of aliphatic hydroxyl groups excluding tert-OH is 1. The van der Waals surface area contributed by atoms with Crippen LogP contribution in [0, 0.1) is 5.82 Å². The van der Waals surface area contributed by atoms with Gasteiger partial charge in [-0.05, 0) is 43.2 Å². The molecule has 1 aromatic heterocycles. The summed E-state index contributed by atoms with van der Waals surface area (Å²) in [5.74, 6) is 0.171. The lowest BCUT2D eigenvalue weighted by Gasteiger charge is -2.13. The van der Waals surface area contributed by atoms with Crippen LogP contribution in [0.25, 0.3) is 16.6 Å². The van der Waals surface area contributed by atoms with E-state index in [2.05, 4.69) is 4.98 Å². The minimum atomic E-state index is -0.538. The molecule has 1 heterocycles. The van der Waals surface area contributed by atoms with E-state index in [0.717, 1.165) is 6.42 Å². The second kappa shape index (κ2) is 7.99.